The Balaban J connectivity index is 1.73. The molecule has 0 unspecified atom stereocenters. The molecule has 4 atom stereocenters. The molecular weight excluding hydrogens is 317 g/mol. The summed E-state index contributed by atoms with van der Waals surface area (Å²) in [6.45, 7) is 6.00. The molecule has 2 fully saturated rings. The van der Waals surface area contributed by atoms with Gasteiger partial charge in [-0.25, -0.2) is 4.39 Å². The Kier molecular flexibility index (Phi) is 5.32. The third-order valence-electron chi connectivity index (χ3n) is 6.05. The minimum absolute atomic E-state index is 0.151. The maximum atomic E-state index is 14.1. The molecule has 3 rings (SSSR count). The number of nitrogens with zero attached hydrogens (tertiary/aromatic N) is 2. The van der Waals surface area contributed by atoms with Crippen molar-refractivity contribution in [3.8, 4) is 0 Å². The lowest BCUT2D eigenvalue weighted by Gasteiger charge is -2.35. The van der Waals surface area contributed by atoms with Gasteiger partial charge in [-0.1, -0.05) is 26.0 Å². The molecule has 5 heteroatoms. The molecule has 1 amide bonds. The van der Waals surface area contributed by atoms with E-state index < -0.39 is 0 Å². The van der Waals surface area contributed by atoms with Gasteiger partial charge in [0.15, 0.2) is 0 Å². The van der Waals surface area contributed by atoms with Gasteiger partial charge >= 0.3 is 0 Å². The van der Waals surface area contributed by atoms with E-state index in [-0.39, 0.29) is 17.8 Å². The molecule has 2 N–H and O–H groups in total. The van der Waals surface area contributed by atoms with Crippen molar-refractivity contribution in [2.24, 2.45) is 23.5 Å². The van der Waals surface area contributed by atoms with Crippen LogP contribution in [0.3, 0.4) is 0 Å². The molecule has 0 radical (unpaired) electrons. The summed E-state index contributed by atoms with van der Waals surface area (Å²) in [6.07, 6.45) is 3.02. The zero-order valence-corrected chi connectivity index (χ0v) is 15.5. The number of amides is 1. The predicted octanol–water partition coefficient (Wildman–Crippen LogP) is 2.87. The third kappa shape index (κ3) is 3.66. The maximum Gasteiger partial charge on any atom is 0.234 e. The van der Waals surface area contributed by atoms with Crippen LogP contribution >= 0.6 is 0 Å². The van der Waals surface area contributed by atoms with E-state index in [1.807, 2.05) is 19.2 Å². The first-order valence-corrected chi connectivity index (χ1v) is 9.39. The average molecular weight is 347 g/mol. The molecule has 4 nitrogen and oxygen atoms in total. The van der Waals surface area contributed by atoms with Crippen molar-refractivity contribution < 1.29 is 9.18 Å². The lowest BCUT2D eigenvalue weighted by Crippen LogP contribution is -2.50. The van der Waals surface area contributed by atoms with Gasteiger partial charge < -0.3 is 10.6 Å². The molecule has 0 spiro atoms. The Morgan fingerprint density at radius 1 is 1.32 bits per heavy atom. The average Bonchev–Trinajstić information content (AvgIpc) is 3.12. The van der Waals surface area contributed by atoms with E-state index in [0.717, 1.165) is 32.4 Å². The molecule has 138 valence electrons. The van der Waals surface area contributed by atoms with Gasteiger partial charge in [-0.15, -0.1) is 0 Å². The van der Waals surface area contributed by atoms with Crippen LogP contribution in [0.1, 0.15) is 33.1 Å². The molecule has 1 aromatic carbocycles. The van der Waals surface area contributed by atoms with Gasteiger partial charge in [0.25, 0.3) is 0 Å². The standard InChI is InChI=1S/C20H30FN3O/c1-13(2)10-19(20(22)25)23(3)17-9-8-14-11-24(12-15(14)17)18-7-5-4-6-16(18)21/h4-7,13-15,17,19H,8-12H2,1-3H3,(H2,22,25)/t14-,15+,17+,19+/m1/s1. The predicted molar refractivity (Wildman–Crippen MR) is 98.8 cm³/mol. The van der Waals surface area contributed by atoms with Crippen molar-refractivity contribution in [2.75, 3.05) is 25.0 Å². The van der Waals surface area contributed by atoms with E-state index in [1.165, 1.54) is 6.07 Å². The second kappa shape index (κ2) is 7.32. The fourth-order valence-electron chi connectivity index (χ4n) is 4.81. The Labute approximate surface area is 150 Å². The first-order chi connectivity index (χ1) is 11.9. The second-order valence-electron chi connectivity index (χ2n) is 8.14. The molecule has 2 aliphatic rings. The van der Waals surface area contributed by atoms with Crippen molar-refractivity contribution in [3.63, 3.8) is 0 Å². The number of anilines is 1. The highest BCUT2D eigenvalue weighted by atomic mass is 19.1. The highest BCUT2D eigenvalue weighted by molar-refractivity contribution is 5.79. The molecule has 1 saturated carbocycles. The number of para-hydroxylation sites is 1. The smallest absolute Gasteiger partial charge is 0.234 e. The van der Waals surface area contributed by atoms with E-state index in [2.05, 4.69) is 23.6 Å². The number of halogens is 1. The molecule has 0 bridgehead atoms. The Morgan fingerprint density at radius 3 is 2.68 bits per heavy atom. The number of benzene rings is 1. The number of fused-ring (bicyclic) bond motifs is 1. The zero-order chi connectivity index (χ0) is 18.1. The SMILES string of the molecule is CC(C)C[C@@H](C(N)=O)N(C)[C@H]1CC[C@@H]2CN(c3ccccc3F)C[C@@H]21. The Bertz CT molecular complexity index is 621. The summed E-state index contributed by atoms with van der Waals surface area (Å²) in [5, 5.41) is 0. The quantitative estimate of drug-likeness (QED) is 0.861. The zero-order valence-electron chi connectivity index (χ0n) is 15.5. The van der Waals surface area contributed by atoms with Crippen molar-refractivity contribution >= 4 is 11.6 Å². The van der Waals surface area contributed by atoms with E-state index in [9.17, 15) is 9.18 Å². The molecule has 1 aliphatic carbocycles. The van der Waals surface area contributed by atoms with E-state index in [1.54, 1.807) is 6.07 Å². The number of hydrogen-bond acceptors (Lipinski definition) is 3. The summed E-state index contributed by atoms with van der Waals surface area (Å²) in [6, 6.07) is 7.14. The Hall–Kier alpha value is -1.62. The van der Waals surface area contributed by atoms with E-state index in [0.29, 0.717) is 29.5 Å². The molecule has 1 saturated heterocycles. The third-order valence-corrected chi connectivity index (χ3v) is 6.05. The first-order valence-electron chi connectivity index (χ1n) is 9.39. The van der Waals surface area contributed by atoms with Gasteiger partial charge in [-0.05, 0) is 56.2 Å². The summed E-state index contributed by atoms with van der Waals surface area (Å²) in [4.78, 5) is 16.4. The van der Waals surface area contributed by atoms with Crippen LogP contribution in [0.5, 0.6) is 0 Å². The topological polar surface area (TPSA) is 49.6 Å². The van der Waals surface area contributed by atoms with Crippen LogP contribution in [0.4, 0.5) is 10.1 Å². The van der Waals surface area contributed by atoms with Gasteiger partial charge in [0.1, 0.15) is 5.82 Å². The fraction of sp³-hybridized carbons (Fsp3) is 0.650. The molecule has 25 heavy (non-hydrogen) atoms. The summed E-state index contributed by atoms with van der Waals surface area (Å²) in [5.41, 5.74) is 6.39. The molecule has 1 aromatic rings. The van der Waals surface area contributed by atoms with Gasteiger partial charge in [0, 0.05) is 19.1 Å². The van der Waals surface area contributed by atoms with Crippen molar-refractivity contribution in [2.45, 2.75) is 45.2 Å². The molecule has 1 heterocycles. The summed E-state index contributed by atoms with van der Waals surface area (Å²) in [5.74, 6) is 1.08. The van der Waals surface area contributed by atoms with Crippen LogP contribution in [0.15, 0.2) is 24.3 Å². The largest absolute Gasteiger partial charge is 0.369 e. The van der Waals surface area contributed by atoms with Crippen LogP contribution in [0, 0.1) is 23.6 Å². The number of carbonyl (C=O) groups is 1. The van der Waals surface area contributed by atoms with Gasteiger partial charge in [-0.3, -0.25) is 9.69 Å². The highest BCUT2D eigenvalue weighted by Gasteiger charge is 2.46. The van der Waals surface area contributed by atoms with Crippen LogP contribution < -0.4 is 10.6 Å². The van der Waals surface area contributed by atoms with E-state index >= 15 is 0 Å². The number of carbonyl (C=O) groups excluding carboxylic acids is 1. The maximum absolute atomic E-state index is 14.1. The Morgan fingerprint density at radius 2 is 2.04 bits per heavy atom. The molecule has 0 aromatic heterocycles. The van der Waals surface area contributed by atoms with Gasteiger partial charge in [0.2, 0.25) is 5.91 Å². The number of nitrogens with two attached hydrogens (primary N) is 1. The highest BCUT2D eigenvalue weighted by Crippen LogP contribution is 2.43. The van der Waals surface area contributed by atoms with Crippen LogP contribution in [-0.2, 0) is 4.79 Å². The summed E-state index contributed by atoms with van der Waals surface area (Å²) >= 11 is 0. The number of rotatable bonds is 6. The fourth-order valence-corrected chi connectivity index (χ4v) is 4.81. The monoisotopic (exact) mass is 347 g/mol. The number of likely N-dealkylation sites (N-methyl/N-ethyl adjacent to an activating group) is 1. The van der Waals surface area contributed by atoms with Crippen LogP contribution in [0.2, 0.25) is 0 Å². The number of hydrogen-bond donors (Lipinski definition) is 1. The minimum atomic E-state index is -0.233. The number of primary amides is 1. The summed E-state index contributed by atoms with van der Waals surface area (Å²) < 4.78 is 14.1. The van der Waals surface area contributed by atoms with Gasteiger partial charge in [-0.2, -0.15) is 0 Å². The van der Waals surface area contributed by atoms with Crippen LogP contribution in [0.25, 0.3) is 0 Å². The van der Waals surface area contributed by atoms with Crippen molar-refractivity contribution in [1.82, 2.24) is 4.90 Å². The minimum Gasteiger partial charge on any atom is -0.369 e. The first kappa shape index (κ1) is 18.2. The second-order valence-corrected chi connectivity index (χ2v) is 8.14. The normalized spacial score (nSPS) is 27.1. The lowest BCUT2D eigenvalue weighted by molar-refractivity contribution is -0.124. The molecule has 1 aliphatic heterocycles. The van der Waals surface area contributed by atoms with Crippen molar-refractivity contribution in [3.05, 3.63) is 30.1 Å². The van der Waals surface area contributed by atoms with Crippen molar-refractivity contribution in [1.29, 1.82) is 0 Å². The lowest BCUT2D eigenvalue weighted by atomic mass is 9.94. The molecular formula is C20H30FN3O. The van der Waals surface area contributed by atoms with Crippen LogP contribution in [-0.4, -0.2) is 43.0 Å². The van der Waals surface area contributed by atoms with Gasteiger partial charge in [0.05, 0.1) is 11.7 Å². The summed E-state index contributed by atoms with van der Waals surface area (Å²) in [7, 11) is 2.04. The van der Waals surface area contributed by atoms with E-state index in [4.69, 9.17) is 5.73 Å².